The normalized spacial score (nSPS) is 13.8. The summed E-state index contributed by atoms with van der Waals surface area (Å²) in [6, 6.07) is 12.0. The van der Waals surface area contributed by atoms with Gasteiger partial charge in [-0.2, -0.15) is 8.78 Å². The number of amides is 2. The molecule has 2 aromatic rings. The van der Waals surface area contributed by atoms with Gasteiger partial charge in [0.05, 0.1) is 7.11 Å². The predicted octanol–water partition coefficient (Wildman–Crippen LogP) is 4.10. The lowest BCUT2D eigenvalue weighted by Crippen LogP contribution is -2.24. The van der Waals surface area contributed by atoms with E-state index in [0.29, 0.717) is 12.0 Å². The molecule has 8 heteroatoms. The van der Waals surface area contributed by atoms with Gasteiger partial charge in [0.2, 0.25) is 11.8 Å². The molecule has 6 nitrogen and oxygen atoms in total. The maximum atomic E-state index is 12.4. The second-order valence-corrected chi connectivity index (χ2v) is 7.13. The van der Waals surface area contributed by atoms with Crippen LogP contribution in [0.1, 0.15) is 24.0 Å². The molecule has 0 N–H and O–H groups in total. The van der Waals surface area contributed by atoms with E-state index < -0.39 is 6.61 Å². The molecule has 0 bridgehead atoms. The molecule has 0 aromatic heterocycles. The Morgan fingerprint density at radius 2 is 1.94 bits per heavy atom. The number of methoxy groups -OCH3 is 1. The minimum absolute atomic E-state index is 0.0609. The summed E-state index contributed by atoms with van der Waals surface area (Å²) in [6.45, 7) is -1.94. The van der Waals surface area contributed by atoms with E-state index in [9.17, 15) is 18.4 Å². The van der Waals surface area contributed by atoms with E-state index in [0.717, 1.165) is 24.2 Å². The standard InChI is InChI=1S/C23H24F2N2O4/c1-26(15-17-7-11-19(31-23(24)25)20(14-17)30-2)21(28)12-8-16-5-9-18(10-6-16)27-13-3-4-22(27)29/h5-12,14,23H,3-4,13,15H2,1-2H3/b12-8+. The van der Waals surface area contributed by atoms with Crippen LogP contribution >= 0.6 is 0 Å². The Kier molecular flexibility index (Phi) is 7.23. The SMILES string of the molecule is COc1cc(CN(C)C(=O)/C=C/c2ccc(N3CCCC3=O)cc2)ccc1OC(F)F. The van der Waals surface area contributed by atoms with E-state index in [2.05, 4.69) is 4.74 Å². The number of carbonyl (C=O) groups excluding carboxylic acids is 2. The van der Waals surface area contributed by atoms with Gasteiger partial charge in [0.1, 0.15) is 0 Å². The molecule has 164 valence electrons. The zero-order valence-corrected chi connectivity index (χ0v) is 17.4. The third-order valence-electron chi connectivity index (χ3n) is 4.94. The number of carbonyl (C=O) groups is 2. The van der Waals surface area contributed by atoms with E-state index in [1.54, 1.807) is 30.2 Å². The van der Waals surface area contributed by atoms with Crippen LogP contribution in [0.2, 0.25) is 0 Å². The fourth-order valence-electron chi connectivity index (χ4n) is 3.34. The van der Waals surface area contributed by atoms with Crippen molar-refractivity contribution in [2.75, 3.05) is 25.6 Å². The lowest BCUT2D eigenvalue weighted by Gasteiger charge is -2.17. The first-order valence-electron chi connectivity index (χ1n) is 9.82. The van der Waals surface area contributed by atoms with E-state index in [-0.39, 0.29) is 29.9 Å². The Balaban J connectivity index is 1.60. The monoisotopic (exact) mass is 430 g/mol. The number of benzene rings is 2. The number of rotatable bonds is 8. The van der Waals surface area contributed by atoms with Gasteiger partial charge in [-0.3, -0.25) is 9.59 Å². The summed E-state index contributed by atoms with van der Waals surface area (Å²) in [5.74, 6) is 0.0242. The van der Waals surface area contributed by atoms with Crippen LogP contribution in [0.4, 0.5) is 14.5 Å². The first kappa shape index (κ1) is 22.3. The van der Waals surface area contributed by atoms with E-state index in [1.165, 1.54) is 24.2 Å². The molecular weight excluding hydrogens is 406 g/mol. The van der Waals surface area contributed by atoms with E-state index >= 15 is 0 Å². The zero-order valence-electron chi connectivity index (χ0n) is 17.4. The molecule has 3 rings (SSSR count). The molecule has 1 fully saturated rings. The number of halogens is 2. The largest absolute Gasteiger partial charge is 0.493 e. The highest BCUT2D eigenvalue weighted by atomic mass is 19.3. The van der Waals surface area contributed by atoms with Crippen molar-refractivity contribution in [1.29, 1.82) is 0 Å². The van der Waals surface area contributed by atoms with Crippen LogP contribution in [0.5, 0.6) is 11.5 Å². The Hall–Kier alpha value is -3.42. The lowest BCUT2D eigenvalue weighted by atomic mass is 10.1. The molecule has 1 aliphatic rings. The number of hydrogen-bond donors (Lipinski definition) is 0. The Labute approximate surface area is 179 Å². The third-order valence-corrected chi connectivity index (χ3v) is 4.94. The van der Waals surface area contributed by atoms with Gasteiger partial charge in [-0.1, -0.05) is 18.2 Å². The van der Waals surface area contributed by atoms with Crippen molar-refractivity contribution >= 4 is 23.6 Å². The van der Waals surface area contributed by atoms with Crippen LogP contribution in [0.3, 0.4) is 0 Å². The highest BCUT2D eigenvalue weighted by molar-refractivity contribution is 5.95. The maximum Gasteiger partial charge on any atom is 0.387 e. The number of nitrogens with zero attached hydrogens (tertiary/aromatic N) is 2. The summed E-state index contributed by atoms with van der Waals surface area (Å²) >= 11 is 0. The second-order valence-electron chi connectivity index (χ2n) is 7.13. The summed E-state index contributed by atoms with van der Waals surface area (Å²) < 4.78 is 34.4. The van der Waals surface area contributed by atoms with Gasteiger partial charge >= 0.3 is 6.61 Å². The molecule has 1 aliphatic heterocycles. The highest BCUT2D eigenvalue weighted by Crippen LogP contribution is 2.30. The summed E-state index contributed by atoms with van der Waals surface area (Å²) in [5, 5.41) is 0. The van der Waals surface area contributed by atoms with Crippen molar-refractivity contribution in [1.82, 2.24) is 4.90 Å². The molecule has 0 spiro atoms. The second kappa shape index (κ2) is 10.1. The number of likely N-dealkylation sites (N-methyl/N-ethyl adjacent to an activating group) is 1. The third kappa shape index (κ3) is 5.81. The van der Waals surface area contributed by atoms with Crippen molar-refractivity contribution in [3.63, 3.8) is 0 Å². The Morgan fingerprint density at radius 3 is 2.55 bits per heavy atom. The van der Waals surface area contributed by atoms with Crippen molar-refractivity contribution in [2.24, 2.45) is 0 Å². The van der Waals surface area contributed by atoms with Crippen molar-refractivity contribution in [3.05, 3.63) is 59.7 Å². The molecule has 2 amide bonds. The van der Waals surface area contributed by atoms with Gasteiger partial charge in [0.15, 0.2) is 11.5 Å². The molecule has 0 radical (unpaired) electrons. The van der Waals surface area contributed by atoms with Crippen LogP contribution in [-0.4, -0.2) is 44.0 Å². The lowest BCUT2D eigenvalue weighted by molar-refractivity contribution is -0.125. The first-order valence-corrected chi connectivity index (χ1v) is 9.82. The van der Waals surface area contributed by atoms with Gasteiger partial charge in [-0.15, -0.1) is 0 Å². The number of hydrogen-bond acceptors (Lipinski definition) is 4. The molecule has 0 saturated carbocycles. The molecular formula is C23H24F2N2O4. The molecule has 2 aromatic carbocycles. The quantitative estimate of drug-likeness (QED) is 0.592. The number of alkyl halides is 2. The molecule has 31 heavy (non-hydrogen) atoms. The van der Waals surface area contributed by atoms with Crippen molar-refractivity contribution in [2.45, 2.75) is 26.0 Å². The minimum Gasteiger partial charge on any atom is -0.493 e. The number of anilines is 1. The molecule has 0 unspecified atom stereocenters. The fourth-order valence-corrected chi connectivity index (χ4v) is 3.34. The van der Waals surface area contributed by atoms with Gasteiger partial charge in [-0.25, -0.2) is 0 Å². The van der Waals surface area contributed by atoms with Crippen LogP contribution in [0.15, 0.2) is 48.5 Å². The van der Waals surface area contributed by atoms with Crippen LogP contribution < -0.4 is 14.4 Å². The van der Waals surface area contributed by atoms with Gasteiger partial charge in [-0.05, 0) is 47.9 Å². The van der Waals surface area contributed by atoms with Gasteiger partial charge in [0.25, 0.3) is 0 Å². The first-order chi connectivity index (χ1) is 14.9. The van der Waals surface area contributed by atoms with Crippen LogP contribution in [-0.2, 0) is 16.1 Å². The summed E-state index contributed by atoms with van der Waals surface area (Å²) in [5.41, 5.74) is 2.41. The molecule has 0 aliphatic carbocycles. The molecule has 0 atom stereocenters. The molecule has 1 saturated heterocycles. The van der Waals surface area contributed by atoms with Gasteiger partial charge < -0.3 is 19.3 Å². The average Bonchev–Trinajstić information content (AvgIpc) is 3.18. The van der Waals surface area contributed by atoms with Crippen LogP contribution in [0, 0.1) is 0 Å². The van der Waals surface area contributed by atoms with Crippen molar-refractivity contribution < 1.29 is 27.8 Å². The topological polar surface area (TPSA) is 59.1 Å². The number of ether oxygens (including phenoxy) is 2. The minimum atomic E-state index is -2.95. The Bertz CT molecular complexity index is 961. The smallest absolute Gasteiger partial charge is 0.387 e. The maximum absolute atomic E-state index is 12.4. The van der Waals surface area contributed by atoms with Crippen molar-refractivity contribution in [3.8, 4) is 11.5 Å². The van der Waals surface area contributed by atoms with Crippen LogP contribution in [0.25, 0.3) is 6.08 Å². The average molecular weight is 430 g/mol. The van der Waals surface area contributed by atoms with Gasteiger partial charge in [0, 0.05) is 38.3 Å². The fraction of sp³-hybridized carbons (Fsp3) is 0.304. The predicted molar refractivity (Wildman–Crippen MR) is 113 cm³/mol. The Morgan fingerprint density at radius 1 is 1.19 bits per heavy atom. The molecule has 1 heterocycles. The summed E-state index contributed by atoms with van der Waals surface area (Å²) in [4.78, 5) is 27.5. The van der Waals surface area contributed by atoms with E-state index in [4.69, 9.17) is 4.74 Å². The zero-order chi connectivity index (χ0) is 22.4. The highest BCUT2D eigenvalue weighted by Gasteiger charge is 2.21. The summed E-state index contributed by atoms with van der Waals surface area (Å²) in [7, 11) is 3.00. The van der Waals surface area contributed by atoms with E-state index in [1.807, 2.05) is 24.3 Å². The summed E-state index contributed by atoms with van der Waals surface area (Å²) in [6.07, 6.45) is 4.61.